The van der Waals surface area contributed by atoms with Gasteiger partial charge in [0.1, 0.15) is 14.9 Å². The van der Waals surface area contributed by atoms with Crippen molar-refractivity contribution in [2.75, 3.05) is 0 Å². The molecule has 1 saturated heterocycles. The summed E-state index contributed by atoms with van der Waals surface area (Å²) in [5.74, 6) is -0.193. The van der Waals surface area contributed by atoms with E-state index >= 15 is 0 Å². The molecule has 12 nitrogen and oxygen atoms in total. The Morgan fingerprint density at radius 1 is 0.656 bits per heavy atom. The summed E-state index contributed by atoms with van der Waals surface area (Å²) in [4.78, 5) is 50.3. The molecular formula is C46H54BCl3N8O4S2. The van der Waals surface area contributed by atoms with E-state index < -0.39 is 0 Å². The van der Waals surface area contributed by atoms with Gasteiger partial charge in [-0.3, -0.25) is 9.59 Å². The Morgan fingerprint density at radius 3 is 1.53 bits per heavy atom. The van der Waals surface area contributed by atoms with Gasteiger partial charge >= 0.3 is 7.12 Å². The number of aryl methyl sites for hydroxylation is 2. The van der Waals surface area contributed by atoms with Crippen molar-refractivity contribution in [2.45, 2.75) is 118 Å². The zero-order valence-corrected chi connectivity index (χ0v) is 42.1. The Labute approximate surface area is 399 Å². The highest BCUT2D eigenvalue weighted by atomic mass is 35.5. The summed E-state index contributed by atoms with van der Waals surface area (Å²) in [5, 5.41) is 8.66. The van der Waals surface area contributed by atoms with Crippen molar-refractivity contribution in [3.05, 3.63) is 131 Å². The van der Waals surface area contributed by atoms with Crippen LogP contribution >= 0.6 is 57.5 Å². The molecule has 0 unspecified atom stereocenters. The number of nitrogens with zero attached hydrogens (tertiary/aromatic N) is 6. The van der Waals surface area contributed by atoms with Crippen LogP contribution in [0.5, 0.6) is 0 Å². The maximum atomic E-state index is 12.5. The van der Waals surface area contributed by atoms with Crippen molar-refractivity contribution in [1.29, 1.82) is 0 Å². The Bertz CT molecular complexity index is 2560. The van der Waals surface area contributed by atoms with Crippen LogP contribution in [0.1, 0.15) is 121 Å². The molecule has 2 aromatic carbocycles. The number of carbonyl (C=O) groups is 2. The summed E-state index contributed by atoms with van der Waals surface area (Å²) in [6.45, 7) is 25.7. The second-order valence-corrected chi connectivity index (χ2v) is 21.3. The molecule has 4 aromatic heterocycles. The first-order valence-electron chi connectivity index (χ1n) is 20.5. The predicted molar refractivity (Wildman–Crippen MR) is 260 cm³/mol. The van der Waals surface area contributed by atoms with E-state index in [-0.39, 0.29) is 51.5 Å². The highest BCUT2D eigenvalue weighted by Crippen LogP contribution is 2.36. The second-order valence-electron chi connectivity index (χ2n) is 18.2. The fourth-order valence-electron chi connectivity index (χ4n) is 5.88. The summed E-state index contributed by atoms with van der Waals surface area (Å²) in [5.41, 5.74) is 6.18. The quantitative estimate of drug-likeness (QED) is 0.0856. The molecule has 0 atom stereocenters. The molecule has 64 heavy (non-hydrogen) atoms. The van der Waals surface area contributed by atoms with Crippen LogP contribution in [-0.4, -0.2) is 60.0 Å². The lowest BCUT2D eigenvalue weighted by molar-refractivity contribution is 0.00578. The Kier molecular flexibility index (Phi) is 16.5. The van der Waals surface area contributed by atoms with Crippen molar-refractivity contribution >= 4 is 81.9 Å². The molecule has 18 heteroatoms. The standard InChI is InChI=1S/C22H31BN2O3S.C20H21ClN4OS.C4H2Cl2N2/c1-14-11-16(23-27-21(5,6)22(7,8)28-23)10-9-15(14)12-24-18(26)17-13-25-19(29-17)20(2,3)4;1-12-9-13(15-7-8-22-19(21)25-15)5-6-14(12)10-23-17(26)16-11-24-18(27-16)20(2,3)4;5-3-1-2-7-4(6)8-3/h9-11,13H,12H2,1-8H3,(H,24,26);5-9,11H,10H2,1-4H3,(H,23,26);1-2H. The first-order valence-corrected chi connectivity index (χ1v) is 23.3. The topological polar surface area (TPSA) is 154 Å². The van der Waals surface area contributed by atoms with Crippen LogP contribution in [0, 0.1) is 13.8 Å². The number of thiazole rings is 2. The molecule has 2 N–H and O–H groups in total. The number of benzene rings is 2. The summed E-state index contributed by atoms with van der Waals surface area (Å²) in [7, 11) is -0.379. The molecule has 0 radical (unpaired) electrons. The van der Waals surface area contributed by atoms with Crippen LogP contribution in [-0.2, 0) is 33.2 Å². The van der Waals surface area contributed by atoms with Crippen LogP contribution in [0.25, 0.3) is 11.3 Å². The van der Waals surface area contributed by atoms with Crippen molar-refractivity contribution < 1.29 is 18.9 Å². The third kappa shape index (κ3) is 13.6. The van der Waals surface area contributed by atoms with E-state index in [1.54, 1.807) is 24.7 Å². The lowest BCUT2D eigenvalue weighted by atomic mass is 9.78. The third-order valence-electron chi connectivity index (χ3n) is 10.4. The smallest absolute Gasteiger partial charge is 0.399 e. The Morgan fingerprint density at radius 2 is 1.12 bits per heavy atom. The summed E-state index contributed by atoms with van der Waals surface area (Å²) < 4.78 is 12.3. The lowest BCUT2D eigenvalue weighted by Crippen LogP contribution is -2.41. The SMILES string of the molecule is Cc1cc(-c2ccnc(Cl)n2)ccc1CNC(=O)c1cnc(C(C)(C)C)s1.Cc1cc(B2OC(C)(C)C(C)(C)O2)ccc1CNC(=O)c1cnc(C(C)(C)C)s1.Clc1ccnc(Cl)n1. The third-order valence-corrected chi connectivity index (χ3v) is 13.8. The van der Waals surface area contributed by atoms with Gasteiger partial charge < -0.3 is 19.9 Å². The molecule has 0 saturated carbocycles. The van der Waals surface area contributed by atoms with Crippen molar-refractivity contribution in [2.24, 2.45) is 0 Å². The molecule has 5 heterocycles. The number of nitrogens with one attached hydrogen (secondary N) is 2. The maximum absolute atomic E-state index is 12.5. The maximum Gasteiger partial charge on any atom is 0.494 e. The number of hydrogen-bond acceptors (Lipinski definition) is 12. The molecule has 6 aromatic rings. The molecule has 0 bridgehead atoms. The predicted octanol–water partition coefficient (Wildman–Crippen LogP) is 10.6. The van der Waals surface area contributed by atoms with Gasteiger partial charge in [0, 0.05) is 41.9 Å². The van der Waals surface area contributed by atoms with Crippen LogP contribution in [0.3, 0.4) is 0 Å². The number of hydrogen-bond donors (Lipinski definition) is 2. The number of carbonyl (C=O) groups excluding carboxylic acids is 2. The average Bonchev–Trinajstić information content (AvgIpc) is 3.96. The normalized spacial score (nSPS) is 14.2. The number of halogens is 3. The first kappa shape index (κ1) is 50.7. The van der Waals surface area contributed by atoms with E-state index in [4.69, 9.17) is 44.1 Å². The van der Waals surface area contributed by atoms with Crippen LogP contribution in [0.2, 0.25) is 15.7 Å². The van der Waals surface area contributed by atoms with Gasteiger partial charge in [-0.2, -0.15) is 0 Å². The zero-order valence-electron chi connectivity index (χ0n) is 38.2. The van der Waals surface area contributed by atoms with Gasteiger partial charge in [0.15, 0.2) is 0 Å². The molecule has 1 fully saturated rings. The fourth-order valence-corrected chi connectivity index (χ4v) is 8.14. The summed E-state index contributed by atoms with van der Waals surface area (Å²) >= 11 is 19.5. The van der Waals surface area contributed by atoms with Gasteiger partial charge in [0.2, 0.25) is 10.6 Å². The zero-order chi connectivity index (χ0) is 47.2. The largest absolute Gasteiger partial charge is 0.494 e. The van der Waals surface area contributed by atoms with E-state index in [2.05, 4.69) is 88.1 Å². The minimum Gasteiger partial charge on any atom is -0.399 e. The highest BCUT2D eigenvalue weighted by Gasteiger charge is 2.51. The van der Waals surface area contributed by atoms with Crippen molar-refractivity contribution in [3.8, 4) is 11.3 Å². The van der Waals surface area contributed by atoms with Gasteiger partial charge in [-0.15, -0.1) is 22.7 Å². The van der Waals surface area contributed by atoms with Gasteiger partial charge in [-0.25, -0.2) is 29.9 Å². The lowest BCUT2D eigenvalue weighted by Gasteiger charge is -2.32. The number of aromatic nitrogens is 6. The van der Waals surface area contributed by atoms with Crippen molar-refractivity contribution in [1.82, 2.24) is 40.5 Å². The highest BCUT2D eigenvalue weighted by molar-refractivity contribution is 7.14. The molecule has 1 aliphatic heterocycles. The van der Waals surface area contributed by atoms with E-state index in [0.29, 0.717) is 28.0 Å². The monoisotopic (exact) mass is 962 g/mol. The summed E-state index contributed by atoms with van der Waals surface area (Å²) in [6, 6.07) is 15.5. The van der Waals surface area contributed by atoms with E-state index in [9.17, 15) is 9.59 Å². The van der Waals surface area contributed by atoms with E-state index in [1.165, 1.54) is 28.9 Å². The van der Waals surface area contributed by atoms with Crippen molar-refractivity contribution in [3.63, 3.8) is 0 Å². The first-order chi connectivity index (χ1) is 29.8. The summed E-state index contributed by atoms with van der Waals surface area (Å²) in [6.07, 6.45) is 6.44. The van der Waals surface area contributed by atoms with E-state index in [0.717, 1.165) is 49.0 Å². The van der Waals surface area contributed by atoms with Gasteiger partial charge in [-0.05, 0) is 111 Å². The molecule has 1 aliphatic rings. The Hall–Kier alpha value is -4.35. The number of rotatable bonds is 8. The average molecular weight is 964 g/mol. The fraction of sp³-hybridized carbons (Fsp3) is 0.391. The second kappa shape index (κ2) is 20.9. The molecule has 2 amide bonds. The van der Waals surface area contributed by atoms with Gasteiger partial charge in [0.25, 0.3) is 11.8 Å². The molecule has 0 spiro atoms. The van der Waals surface area contributed by atoms with Crippen LogP contribution < -0.4 is 16.1 Å². The minimum absolute atomic E-state index is 0.0525. The van der Waals surface area contributed by atoms with Gasteiger partial charge in [-0.1, -0.05) is 83.5 Å². The molecule has 0 aliphatic carbocycles. The van der Waals surface area contributed by atoms with Gasteiger partial charge in [0.05, 0.1) is 39.3 Å². The van der Waals surface area contributed by atoms with Crippen LogP contribution in [0.15, 0.2) is 73.3 Å². The van der Waals surface area contributed by atoms with E-state index in [1.807, 2.05) is 77.9 Å². The molecule has 338 valence electrons. The Balaban J connectivity index is 0.000000205. The molecule has 7 rings (SSSR count). The minimum atomic E-state index is -0.379. The molecular weight excluding hydrogens is 910 g/mol. The van der Waals surface area contributed by atoms with Crippen LogP contribution in [0.4, 0.5) is 0 Å². The number of amides is 2.